The van der Waals surface area contributed by atoms with Crippen molar-refractivity contribution in [2.75, 3.05) is 10.6 Å². The number of hydrogen-bond acceptors (Lipinski definition) is 6. The van der Waals surface area contributed by atoms with E-state index in [-0.39, 0.29) is 23.9 Å². The van der Waals surface area contributed by atoms with Crippen LogP contribution in [0.3, 0.4) is 0 Å². The van der Waals surface area contributed by atoms with Crippen molar-refractivity contribution >= 4 is 34.6 Å². The number of anilines is 2. The molecule has 2 N–H and O–H groups in total. The Kier molecular flexibility index (Phi) is 8.00. The number of benzene rings is 4. The molecule has 1 aromatic heterocycles. The van der Waals surface area contributed by atoms with Crippen LogP contribution >= 0.6 is 0 Å². The number of pyridine rings is 1. The van der Waals surface area contributed by atoms with Gasteiger partial charge in [0.2, 0.25) is 11.8 Å². The lowest BCUT2D eigenvalue weighted by Crippen LogP contribution is -2.27. The van der Waals surface area contributed by atoms with Crippen LogP contribution in [0.1, 0.15) is 22.4 Å². The van der Waals surface area contributed by atoms with Crippen molar-refractivity contribution in [3.05, 3.63) is 154 Å². The Labute approximate surface area is 253 Å². The largest absolute Gasteiger partial charge is 0.326 e. The highest BCUT2D eigenvalue weighted by Crippen LogP contribution is 2.30. The first-order valence-corrected chi connectivity index (χ1v) is 14.0. The zero-order valence-electron chi connectivity index (χ0n) is 23.5. The van der Waals surface area contributed by atoms with Crippen LogP contribution in [0.25, 0.3) is 11.1 Å². The van der Waals surface area contributed by atoms with Gasteiger partial charge in [-0.25, -0.2) is 0 Å². The summed E-state index contributed by atoms with van der Waals surface area (Å²) in [6.07, 6.45) is 2.11. The molecule has 0 bridgehead atoms. The zero-order valence-corrected chi connectivity index (χ0v) is 23.5. The third-order valence-corrected chi connectivity index (χ3v) is 7.29. The number of carbonyl (C=O) groups excluding carboxylic acids is 2. The van der Waals surface area contributed by atoms with Crippen molar-refractivity contribution in [3.8, 4) is 11.1 Å². The Bertz CT molecular complexity index is 1870. The average Bonchev–Trinajstić information content (AvgIpc) is 3.17. The van der Waals surface area contributed by atoms with Crippen LogP contribution in [0.4, 0.5) is 17.1 Å². The summed E-state index contributed by atoms with van der Waals surface area (Å²) in [5, 5.41) is 17.3. The maximum absolute atomic E-state index is 13.5. The van der Waals surface area contributed by atoms with Crippen molar-refractivity contribution in [1.29, 1.82) is 0 Å². The van der Waals surface area contributed by atoms with Crippen LogP contribution < -0.4 is 10.6 Å². The first-order valence-electron chi connectivity index (χ1n) is 14.0. The predicted molar refractivity (Wildman–Crippen MR) is 170 cm³/mol. The summed E-state index contributed by atoms with van der Waals surface area (Å²) in [4.78, 5) is 46.2. The van der Waals surface area contributed by atoms with Gasteiger partial charge in [-0.3, -0.25) is 29.7 Å². The molecule has 4 aromatic carbocycles. The number of fused-ring (bicyclic) bond motifs is 1. The number of rotatable bonds is 8. The standard InChI is InChI=1S/C35H27N5O4/c41-33(21-28-11-4-5-18-36-28)37-27-14-12-25(13-15-27)34-30-17-16-29(40(43)44)22-31(30)39-35(42)32(38-34)20-23-7-6-10-26(19-23)24-8-2-1-3-9-24/h1-19,22,32H,20-21H2,(H,37,41)(H,39,42). The summed E-state index contributed by atoms with van der Waals surface area (Å²) in [6, 6.07) is 34.1. The van der Waals surface area contributed by atoms with Gasteiger partial charge < -0.3 is 10.6 Å². The number of carbonyl (C=O) groups is 2. The summed E-state index contributed by atoms with van der Waals surface area (Å²) < 4.78 is 0. The number of nitrogens with zero attached hydrogens (tertiary/aromatic N) is 3. The lowest BCUT2D eigenvalue weighted by Gasteiger charge is -2.13. The Morgan fingerprint density at radius 3 is 2.36 bits per heavy atom. The minimum absolute atomic E-state index is 0.136. The number of nitro benzene ring substituents is 1. The maximum Gasteiger partial charge on any atom is 0.271 e. The molecule has 0 spiro atoms. The zero-order chi connectivity index (χ0) is 30.5. The van der Waals surface area contributed by atoms with Crippen molar-refractivity contribution in [1.82, 2.24) is 4.98 Å². The summed E-state index contributed by atoms with van der Waals surface area (Å²) in [6.45, 7) is 0. The van der Waals surface area contributed by atoms with Gasteiger partial charge in [0.05, 0.1) is 22.7 Å². The molecule has 6 rings (SSSR count). The van der Waals surface area contributed by atoms with E-state index in [0.717, 1.165) is 16.7 Å². The molecule has 216 valence electrons. The van der Waals surface area contributed by atoms with Crippen molar-refractivity contribution < 1.29 is 14.5 Å². The maximum atomic E-state index is 13.5. The number of aromatic nitrogens is 1. The molecular weight excluding hydrogens is 554 g/mol. The van der Waals surface area contributed by atoms with E-state index in [4.69, 9.17) is 4.99 Å². The van der Waals surface area contributed by atoms with Crippen LogP contribution in [0.2, 0.25) is 0 Å². The van der Waals surface area contributed by atoms with Crippen LogP contribution in [0.5, 0.6) is 0 Å². The van der Waals surface area contributed by atoms with Gasteiger partial charge in [-0.05, 0) is 47.0 Å². The quantitative estimate of drug-likeness (QED) is 0.166. The minimum Gasteiger partial charge on any atom is -0.326 e. The molecule has 2 amide bonds. The number of nitro groups is 1. The van der Waals surface area contributed by atoms with Gasteiger partial charge in [-0.1, -0.05) is 72.8 Å². The van der Waals surface area contributed by atoms with Crippen molar-refractivity contribution in [3.63, 3.8) is 0 Å². The molecule has 9 heteroatoms. The third-order valence-electron chi connectivity index (χ3n) is 7.29. The van der Waals surface area contributed by atoms with Gasteiger partial charge in [0.1, 0.15) is 6.04 Å². The van der Waals surface area contributed by atoms with E-state index in [1.165, 1.54) is 12.1 Å². The van der Waals surface area contributed by atoms with Gasteiger partial charge in [0.15, 0.2) is 0 Å². The molecule has 0 fully saturated rings. The Morgan fingerprint density at radius 1 is 0.841 bits per heavy atom. The Hall–Kier alpha value is -5.96. The fourth-order valence-electron chi connectivity index (χ4n) is 5.14. The van der Waals surface area contributed by atoms with Crippen LogP contribution in [0.15, 0.2) is 126 Å². The Balaban J connectivity index is 1.31. The van der Waals surface area contributed by atoms with E-state index in [9.17, 15) is 19.7 Å². The number of nitrogens with one attached hydrogen (secondary N) is 2. The fourth-order valence-corrected chi connectivity index (χ4v) is 5.14. The molecule has 44 heavy (non-hydrogen) atoms. The SMILES string of the molecule is O=C(Cc1ccccn1)Nc1ccc(C2=NC(Cc3cccc(-c4ccccc4)c3)C(=O)Nc3cc([N+](=O)[O-])ccc32)cc1. The second-order valence-corrected chi connectivity index (χ2v) is 10.4. The predicted octanol–water partition coefficient (Wildman–Crippen LogP) is 6.24. The number of hydrogen-bond donors (Lipinski definition) is 2. The molecule has 5 aromatic rings. The molecule has 2 heterocycles. The molecule has 1 unspecified atom stereocenters. The first kappa shape index (κ1) is 28.2. The molecule has 9 nitrogen and oxygen atoms in total. The summed E-state index contributed by atoms with van der Waals surface area (Å²) in [5.74, 6) is -0.557. The average molecular weight is 582 g/mol. The van der Waals surface area contributed by atoms with Crippen molar-refractivity contribution in [2.45, 2.75) is 18.9 Å². The van der Waals surface area contributed by atoms with Crippen LogP contribution in [-0.2, 0) is 22.4 Å². The highest BCUT2D eigenvalue weighted by atomic mass is 16.6. The first-order chi connectivity index (χ1) is 21.4. The molecule has 0 saturated carbocycles. The van der Waals surface area contributed by atoms with Gasteiger partial charge in [0, 0.05) is 47.3 Å². The topological polar surface area (TPSA) is 127 Å². The third kappa shape index (κ3) is 6.42. The lowest BCUT2D eigenvalue weighted by atomic mass is 9.98. The van der Waals surface area contributed by atoms with E-state index in [2.05, 4.69) is 15.6 Å². The second-order valence-electron chi connectivity index (χ2n) is 10.4. The molecule has 1 aliphatic rings. The fraction of sp³-hybridized carbons (Fsp3) is 0.0857. The van der Waals surface area contributed by atoms with E-state index < -0.39 is 11.0 Å². The van der Waals surface area contributed by atoms with Crippen LogP contribution in [0, 0.1) is 10.1 Å². The van der Waals surface area contributed by atoms with Gasteiger partial charge in [-0.2, -0.15) is 0 Å². The molecule has 0 aliphatic carbocycles. The molecule has 0 saturated heterocycles. The second kappa shape index (κ2) is 12.5. The highest BCUT2D eigenvalue weighted by Gasteiger charge is 2.27. The molecule has 1 atom stereocenters. The summed E-state index contributed by atoms with van der Waals surface area (Å²) in [5.41, 5.74) is 6.24. The molecule has 1 aliphatic heterocycles. The van der Waals surface area contributed by atoms with Gasteiger partial charge >= 0.3 is 0 Å². The normalized spacial score (nSPS) is 14.0. The van der Waals surface area contributed by atoms with E-state index in [0.29, 0.717) is 40.3 Å². The van der Waals surface area contributed by atoms with Gasteiger partial charge in [0.25, 0.3) is 5.69 Å². The van der Waals surface area contributed by atoms with Gasteiger partial charge in [-0.15, -0.1) is 0 Å². The monoisotopic (exact) mass is 581 g/mol. The highest BCUT2D eigenvalue weighted by molar-refractivity contribution is 6.20. The minimum atomic E-state index is -0.791. The number of non-ortho nitro benzene ring substituents is 1. The van der Waals surface area contributed by atoms with E-state index >= 15 is 0 Å². The van der Waals surface area contributed by atoms with Crippen LogP contribution in [-0.4, -0.2) is 33.5 Å². The number of amides is 2. The molecular formula is C35H27N5O4. The van der Waals surface area contributed by atoms with Crippen molar-refractivity contribution in [2.24, 2.45) is 4.99 Å². The Morgan fingerprint density at radius 2 is 1.61 bits per heavy atom. The summed E-state index contributed by atoms with van der Waals surface area (Å²) in [7, 11) is 0. The summed E-state index contributed by atoms with van der Waals surface area (Å²) >= 11 is 0. The number of benzodiazepines with no additional fused rings is 1. The number of aliphatic imine (C=N–C) groups is 1. The van der Waals surface area contributed by atoms with E-state index in [1.54, 1.807) is 36.5 Å². The molecule has 0 radical (unpaired) electrons. The van der Waals surface area contributed by atoms with E-state index in [1.807, 2.05) is 72.8 Å². The lowest BCUT2D eigenvalue weighted by molar-refractivity contribution is -0.384. The smallest absolute Gasteiger partial charge is 0.271 e.